The number of guanidine groups is 1. The molecule has 1 atom stereocenters. The number of carbonyl (C=O) groups is 2. The van der Waals surface area contributed by atoms with Crippen molar-refractivity contribution in [1.29, 1.82) is 5.41 Å². The molecule has 0 fully saturated rings. The van der Waals surface area contributed by atoms with E-state index in [1.165, 1.54) is 0 Å². The first-order valence-electron chi connectivity index (χ1n) is 15.0. The number of fused-ring (bicyclic) bond motifs is 1. The highest BCUT2D eigenvalue weighted by atomic mass is 32.2. The second-order valence-electron chi connectivity index (χ2n) is 12.1. The quantitative estimate of drug-likeness (QED) is 0.133. The number of nitrogens with zero attached hydrogens (tertiary/aromatic N) is 1. The van der Waals surface area contributed by atoms with Crippen LogP contribution in [0.5, 0.6) is 5.75 Å². The minimum atomic E-state index is -4.75. The summed E-state index contributed by atoms with van der Waals surface area (Å²) < 4.78 is 36.8. The van der Waals surface area contributed by atoms with Gasteiger partial charge in [-0.2, -0.15) is 0 Å². The smallest absolute Gasteiger partial charge is 0.327 e. The number of carboxylic acid groups (broad SMARTS) is 1. The summed E-state index contributed by atoms with van der Waals surface area (Å²) in [5.41, 5.74) is 8.25. The van der Waals surface area contributed by atoms with Gasteiger partial charge in [-0.05, 0) is 93.7 Å². The Morgan fingerprint density at radius 1 is 1.00 bits per heavy atom. The number of benzene rings is 3. The van der Waals surface area contributed by atoms with E-state index in [9.17, 15) is 23.1 Å². The second-order valence-corrected chi connectivity index (χ2v) is 13.9. The number of aliphatic carboxylic acids is 1. The lowest BCUT2D eigenvalue weighted by molar-refractivity contribution is -0.146. The summed E-state index contributed by atoms with van der Waals surface area (Å²) in [7, 11) is -4.75. The summed E-state index contributed by atoms with van der Waals surface area (Å²) in [6, 6.07) is 15.8. The Morgan fingerprint density at radius 3 is 2.07 bits per heavy atom. The normalized spacial score (nSPS) is 14.6. The number of carboxylic acids is 1. The minimum Gasteiger partial charge on any atom is -0.487 e. The molecule has 11 heteroatoms. The van der Waals surface area contributed by atoms with E-state index in [0.717, 1.165) is 5.56 Å². The first kappa shape index (κ1) is 33.5. The summed E-state index contributed by atoms with van der Waals surface area (Å²) in [5.74, 6) is -3.08. The van der Waals surface area contributed by atoms with Crippen molar-refractivity contribution in [3.8, 4) is 5.75 Å². The summed E-state index contributed by atoms with van der Waals surface area (Å²) >= 11 is 0. The molecule has 0 saturated heterocycles. The predicted molar refractivity (Wildman–Crippen MR) is 173 cm³/mol. The van der Waals surface area contributed by atoms with Gasteiger partial charge in [0.2, 0.25) is 5.91 Å². The fourth-order valence-corrected chi connectivity index (χ4v) is 8.15. The molecule has 240 valence electrons. The second kappa shape index (κ2) is 13.3. The van der Waals surface area contributed by atoms with Gasteiger partial charge in [0, 0.05) is 6.54 Å². The first-order valence-corrected chi connectivity index (χ1v) is 16.4. The molecule has 1 unspecified atom stereocenters. The van der Waals surface area contributed by atoms with E-state index < -0.39 is 39.5 Å². The third kappa shape index (κ3) is 6.98. The molecule has 0 aromatic heterocycles. The number of nitrogens with two attached hydrogens (primary N) is 1. The van der Waals surface area contributed by atoms with Gasteiger partial charge >= 0.3 is 5.97 Å². The summed E-state index contributed by atoms with van der Waals surface area (Å²) in [6.45, 7) is 9.25. The highest BCUT2D eigenvalue weighted by Gasteiger charge is 2.45. The largest absolute Gasteiger partial charge is 0.487 e. The van der Waals surface area contributed by atoms with Crippen LogP contribution in [0.25, 0.3) is 0 Å². The van der Waals surface area contributed by atoms with Crippen LogP contribution in [0.15, 0.2) is 65.6 Å². The Hall–Kier alpha value is -4.38. The summed E-state index contributed by atoms with van der Waals surface area (Å²) in [4.78, 5) is 27.7. The van der Waals surface area contributed by atoms with E-state index in [0.29, 0.717) is 50.7 Å². The lowest BCUT2D eigenvalue weighted by Crippen LogP contribution is -2.51. The molecule has 45 heavy (non-hydrogen) atoms. The van der Waals surface area contributed by atoms with Gasteiger partial charge in [0.1, 0.15) is 17.4 Å². The average Bonchev–Trinajstić information content (AvgIpc) is 2.97. The van der Waals surface area contributed by atoms with Gasteiger partial charge < -0.3 is 20.9 Å². The van der Waals surface area contributed by atoms with Crippen molar-refractivity contribution >= 4 is 27.9 Å². The topological polar surface area (TPSA) is 163 Å². The molecule has 4 rings (SSSR count). The molecule has 3 aromatic carbocycles. The molecule has 5 N–H and O–H groups in total. The van der Waals surface area contributed by atoms with Crippen LogP contribution in [-0.4, -0.2) is 53.9 Å². The van der Waals surface area contributed by atoms with Crippen molar-refractivity contribution in [2.75, 3.05) is 6.54 Å². The molecule has 3 aromatic rings. The maximum Gasteiger partial charge on any atom is 0.327 e. The number of ether oxygens (including phenoxy) is 1. The molecule has 10 nitrogen and oxygen atoms in total. The van der Waals surface area contributed by atoms with Gasteiger partial charge in [0.25, 0.3) is 10.0 Å². The Bertz CT molecular complexity index is 1650. The van der Waals surface area contributed by atoms with Crippen LogP contribution in [0.3, 0.4) is 0 Å². The number of sulfonamides is 1. The number of rotatable bonds is 11. The highest BCUT2D eigenvalue weighted by Crippen LogP contribution is 2.43. The Labute approximate surface area is 265 Å². The van der Waals surface area contributed by atoms with Crippen LogP contribution in [0, 0.1) is 26.2 Å². The maximum absolute atomic E-state index is 15.0. The van der Waals surface area contributed by atoms with Crippen molar-refractivity contribution in [2.45, 2.75) is 82.8 Å². The van der Waals surface area contributed by atoms with Crippen molar-refractivity contribution in [3.63, 3.8) is 0 Å². The summed E-state index contributed by atoms with van der Waals surface area (Å²) in [6.07, 6.45) is 1.18. The van der Waals surface area contributed by atoms with Crippen molar-refractivity contribution < 1.29 is 27.9 Å². The van der Waals surface area contributed by atoms with E-state index >= 15 is 0 Å². The lowest BCUT2D eigenvalue weighted by Gasteiger charge is -2.37. The number of hydrogen-bond acceptors (Lipinski definition) is 6. The van der Waals surface area contributed by atoms with E-state index in [-0.39, 0.29) is 30.2 Å². The third-order valence-electron chi connectivity index (χ3n) is 8.45. The predicted octanol–water partition coefficient (Wildman–Crippen LogP) is 4.78. The van der Waals surface area contributed by atoms with Crippen molar-refractivity contribution in [1.82, 2.24) is 9.62 Å². The van der Waals surface area contributed by atoms with E-state index in [2.05, 4.69) is 5.32 Å². The number of hydrogen-bond donors (Lipinski definition) is 4. The zero-order valence-electron chi connectivity index (χ0n) is 26.4. The molecule has 0 spiro atoms. The SMILES string of the molecule is Cc1c(C)c(S(=O)(=O)N(C(=O)C(c2ccccc2)c2ccccc2)C(CCCNC(=N)N)C(=O)O)c(C)c2c1OC(C)(C)CC2. The van der Waals surface area contributed by atoms with Gasteiger partial charge in [-0.1, -0.05) is 60.7 Å². The monoisotopic (exact) mass is 634 g/mol. The molecule has 0 radical (unpaired) electrons. The number of amides is 1. The Balaban J connectivity index is 1.95. The maximum atomic E-state index is 15.0. The molecular weight excluding hydrogens is 592 g/mol. The van der Waals surface area contributed by atoms with E-state index in [4.69, 9.17) is 15.9 Å². The molecule has 1 amide bonds. The van der Waals surface area contributed by atoms with Gasteiger partial charge in [0.05, 0.1) is 10.8 Å². The van der Waals surface area contributed by atoms with Crippen molar-refractivity contribution in [3.05, 3.63) is 94.0 Å². The van der Waals surface area contributed by atoms with Gasteiger partial charge in [-0.3, -0.25) is 10.2 Å². The molecule has 1 aliphatic rings. The third-order valence-corrected chi connectivity index (χ3v) is 10.5. The van der Waals surface area contributed by atoms with E-state index in [1.807, 2.05) is 13.8 Å². The van der Waals surface area contributed by atoms with Crippen LogP contribution < -0.4 is 15.8 Å². The molecule has 0 bridgehead atoms. The molecular formula is C34H42N4O6S. The van der Waals surface area contributed by atoms with Crippen LogP contribution in [0.4, 0.5) is 0 Å². The summed E-state index contributed by atoms with van der Waals surface area (Å²) in [5, 5.41) is 20.6. The number of nitrogens with one attached hydrogen (secondary N) is 2. The zero-order chi connectivity index (χ0) is 33.1. The standard InChI is InChI=1S/C34H42N4O6S/c1-21-22(2)30(23(3)26-18-19-34(4,5)44-29(21)26)45(42,43)38(27(32(40)41)17-12-20-37-33(35)36)31(39)28(24-13-8-6-9-14-24)25-15-10-7-11-16-25/h6-11,13-16,27-28H,12,17-20H2,1-5H3,(H,40,41)(H4,35,36,37). The Morgan fingerprint density at radius 2 is 1.56 bits per heavy atom. The van der Waals surface area contributed by atoms with Crippen LogP contribution >= 0.6 is 0 Å². The van der Waals surface area contributed by atoms with Crippen LogP contribution in [0.2, 0.25) is 0 Å². The van der Waals surface area contributed by atoms with Crippen LogP contribution in [0.1, 0.15) is 72.4 Å². The minimum absolute atomic E-state index is 0.0802. The van der Waals surface area contributed by atoms with Gasteiger partial charge in [-0.25, -0.2) is 17.5 Å². The van der Waals surface area contributed by atoms with Crippen LogP contribution in [-0.2, 0) is 26.0 Å². The molecule has 1 heterocycles. The fourth-order valence-electron chi connectivity index (χ4n) is 6.03. The first-order chi connectivity index (χ1) is 21.2. The Kier molecular flexibility index (Phi) is 9.92. The number of carbonyl (C=O) groups excluding carboxylic acids is 1. The molecule has 0 aliphatic carbocycles. The molecule has 0 saturated carbocycles. The van der Waals surface area contributed by atoms with E-state index in [1.54, 1.807) is 81.4 Å². The van der Waals surface area contributed by atoms with Gasteiger partial charge in [0.15, 0.2) is 5.96 Å². The van der Waals surface area contributed by atoms with Crippen molar-refractivity contribution in [2.24, 2.45) is 5.73 Å². The molecule has 1 aliphatic heterocycles. The van der Waals surface area contributed by atoms with Gasteiger partial charge in [-0.15, -0.1) is 0 Å². The lowest BCUT2D eigenvalue weighted by atomic mass is 9.88. The average molecular weight is 635 g/mol. The highest BCUT2D eigenvalue weighted by molar-refractivity contribution is 7.89. The fraction of sp³-hybridized carbons (Fsp3) is 0.382. The zero-order valence-corrected chi connectivity index (χ0v) is 27.2.